The Balaban J connectivity index is 1.50. The number of allylic oxidation sites excluding steroid dienone is 1. The molecule has 4 atom stereocenters. The van der Waals surface area contributed by atoms with Gasteiger partial charge in [-0.3, -0.25) is 4.90 Å². The van der Waals surface area contributed by atoms with Gasteiger partial charge in [-0.2, -0.15) is 0 Å². The van der Waals surface area contributed by atoms with Crippen LogP contribution in [0.25, 0.3) is 0 Å². The number of ether oxygens (including phenoxy) is 2. The van der Waals surface area contributed by atoms with Crippen LogP contribution in [0, 0.1) is 0 Å². The van der Waals surface area contributed by atoms with Crippen LogP contribution in [0.5, 0.6) is 5.75 Å². The van der Waals surface area contributed by atoms with Crippen LogP contribution in [0.15, 0.2) is 97.3 Å². The number of nitrogens with zero attached hydrogens (tertiary/aromatic N) is 1. The van der Waals surface area contributed by atoms with Crippen molar-refractivity contribution in [2.75, 3.05) is 7.05 Å². The summed E-state index contributed by atoms with van der Waals surface area (Å²) in [5, 5.41) is 0. The quantitative estimate of drug-likeness (QED) is 0.270. The minimum Gasteiger partial charge on any atom is -0.489 e. The molecule has 4 unspecified atom stereocenters. The minimum absolute atomic E-state index is 0.0511. The van der Waals surface area contributed by atoms with Crippen LogP contribution in [0.2, 0.25) is 0 Å². The number of benzene rings is 3. The molecule has 0 bridgehead atoms. The lowest BCUT2D eigenvalue weighted by Gasteiger charge is -2.20. The molecule has 0 spiro atoms. The second-order valence-electron chi connectivity index (χ2n) is 7.80. The molecule has 1 aliphatic rings. The van der Waals surface area contributed by atoms with E-state index >= 15 is 0 Å². The molecule has 1 heterocycles. The van der Waals surface area contributed by atoms with Crippen molar-refractivity contribution in [1.29, 1.82) is 0 Å². The molecular weight excluding hydrogens is 370 g/mol. The summed E-state index contributed by atoms with van der Waals surface area (Å²) < 4.78 is 11.9. The average molecular weight is 400 g/mol. The number of hydrogen-bond acceptors (Lipinski definition) is 3. The first kappa shape index (κ1) is 20.2. The SMILES string of the molecule is C/C=C\OC1C(C(C)Oc2ccc(C(c3ccccc3)c3ccccc3)cc2)N1C. The molecule has 3 aromatic rings. The summed E-state index contributed by atoms with van der Waals surface area (Å²) in [6, 6.07) is 30.1. The smallest absolute Gasteiger partial charge is 0.171 e. The predicted molar refractivity (Wildman–Crippen MR) is 122 cm³/mol. The Bertz CT molecular complexity index is 914. The normalized spacial score (nSPS) is 21.5. The largest absolute Gasteiger partial charge is 0.489 e. The Morgan fingerprint density at radius 1 is 0.800 bits per heavy atom. The second kappa shape index (κ2) is 9.19. The Morgan fingerprint density at radius 2 is 1.33 bits per heavy atom. The molecule has 154 valence electrons. The summed E-state index contributed by atoms with van der Waals surface area (Å²) in [6.45, 7) is 4.06. The van der Waals surface area contributed by atoms with Crippen LogP contribution in [-0.4, -0.2) is 30.3 Å². The van der Waals surface area contributed by atoms with E-state index in [-0.39, 0.29) is 24.3 Å². The molecule has 3 aromatic carbocycles. The molecule has 1 saturated heterocycles. The van der Waals surface area contributed by atoms with Gasteiger partial charge in [0, 0.05) is 5.92 Å². The first-order valence-corrected chi connectivity index (χ1v) is 10.5. The zero-order valence-corrected chi connectivity index (χ0v) is 17.8. The molecule has 0 amide bonds. The summed E-state index contributed by atoms with van der Waals surface area (Å²) in [7, 11) is 2.06. The van der Waals surface area contributed by atoms with Gasteiger partial charge in [0.2, 0.25) is 0 Å². The van der Waals surface area contributed by atoms with Crippen molar-refractivity contribution in [2.45, 2.75) is 38.1 Å². The summed E-state index contributed by atoms with van der Waals surface area (Å²) in [5.74, 6) is 1.09. The molecule has 3 nitrogen and oxygen atoms in total. The van der Waals surface area contributed by atoms with Crippen LogP contribution in [0.1, 0.15) is 36.5 Å². The molecule has 0 aliphatic carbocycles. The van der Waals surface area contributed by atoms with Gasteiger partial charge >= 0.3 is 0 Å². The minimum atomic E-state index is 0.0511. The van der Waals surface area contributed by atoms with E-state index in [1.54, 1.807) is 6.26 Å². The Morgan fingerprint density at radius 3 is 1.87 bits per heavy atom. The molecular formula is C27H29NO2. The topological polar surface area (TPSA) is 21.5 Å². The van der Waals surface area contributed by atoms with E-state index in [0.29, 0.717) is 0 Å². The molecule has 4 rings (SSSR count). The summed E-state index contributed by atoms with van der Waals surface area (Å²) in [4.78, 5) is 2.18. The maximum Gasteiger partial charge on any atom is 0.171 e. The van der Waals surface area contributed by atoms with E-state index in [0.717, 1.165) is 5.75 Å². The van der Waals surface area contributed by atoms with Crippen molar-refractivity contribution in [2.24, 2.45) is 0 Å². The molecule has 0 radical (unpaired) electrons. The maximum absolute atomic E-state index is 6.22. The lowest BCUT2D eigenvalue weighted by molar-refractivity contribution is 0.168. The second-order valence-corrected chi connectivity index (χ2v) is 7.80. The maximum atomic E-state index is 6.22. The molecule has 30 heavy (non-hydrogen) atoms. The summed E-state index contributed by atoms with van der Waals surface area (Å²) in [5.41, 5.74) is 3.83. The highest BCUT2D eigenvalue weighted by atomic mass is 16.5. The summed E-state index contributed by atoms with van der Waals surface area (Å²) in [6.07, 6.45) is 3.80. The van der Waals surface area contributed by atoms with Crippen molar-refractivity contribution in [1.82, 2.24) is 4.90 Å². The van der Waals surface area contributed by atoms with Crippen LogP contribution >= 0.6 is 0 Å². The highest BCUT2D eigenvalue weighted by Crippen LogP contribution is 2.34. The predicted octanol–water partition coefficient (Wildman–Crippen LogP) is 5.82. The fraction of sp³-hybridized carbons (Fsp3) is 0.259. The first-order valence-electron chi connectivity index (χ1n) is 10.5. The average Bonchev–Trinajstić information content (AvgIpc) is 3.44. The van der Waals surface area contributed by atoms with Crippen molar-refractivity contribution >= 4 is 0 Å². The molecule has 1 fully saturated rings. The van der Waals surface area contributed by atoms with E-state index in [2.05, 4.69) is 104 Å². The van der Waals surface area contributed by atoms with Crippen LogP contribution in [-0.2, 0) is 4.74 Å². The molecule has 1 aliphatic heterocycles. The number of hydrogen-bond donors (Lipinski definition) is 0. The van der Waals surface area contributed by atoms with Crippen molar-refractivity contribution in [3.05, 3.63) is 114 Å². The Hall–Kier alpha value is -3.04. The fourth-order valence-electron chi connectivity index (χ4n) is 4.12. The van der Waals surface area contributed by atoms with E-state index < -0.39 is 0 Å². The Kier molecular flexibility index (Phi) is 6.20. The van der Waals surface area contributed by atoms with Gasteiger partial charge in [-0.25, -0.2) is 0 Å². The van der Waals surface area contributed by atoms with Gasteiger partial charge in [0.15, 0.2) is 6.23 Å². The zero-order chi connectivity index (χ0) is 20.9. The zero-order valence-electron chi connectivity index (χ0n) is 17.8. The summed E-state index contributed by atoms with van der Waals surface area (Å²) >= 11 is 0. The van der Waals surface area contributed by atoms with Crippen LogP contribution in [0.3, 0.4) is 0 Å². The van der Waals surface area contributed by atoms with Gasteiger partial charge in [-0.15, -0.1) is 0 Å². The lowest BCUT2D eigenvalue weighted by Crippen LogP contribution is -2.22. The molecule has 0 aromatic heterocycles. The first-order chi connectivity index (χ1) is 14.7. The molecule has 3 heteroatoms. The third-order valence-electron chi connectivity index (χ3n) is 5.71. The van der Waals surface area contributed by atoms with Crippen LogP contribution in [0.4, 0.5) is 0 Å². The van der Waals surface area contributed by atoms with Gasteiger partial charge in [-0.05, 0) is 49.7 Å². The third kappa shape index (κ3) is 4.42. The van der Waals surface area contributed by atoms with Gasteiger partial charge in [-0.1, -0.05) is 78.9 Å². The van der Waals surface area contributed by atoms with Crippen molar-refractivity contribution < 1.29 is 9.47 Å². The highest BCUT2D eigenvalue weighted by Gasteiger charge is 2.51. The molecule has 0 saturated carbocycles. The van der Waals surface area contributed by atoms with Crippen molar-refractivity contribution in [3.63, 3.8) is 0 Å². The van der Waals surface area contributed by atoms with E-state index in [4.69, 9.17) is 9.47 Å². The van der Waals surface area contributed by atoms with E-state index in [1.807, 2.05) is 13.0 Å². The van der Waals surface area contributed by atoms with E-state index in [9.17, 15) is 0 Å². The fourth-order valence-corrected chi connectivity index (χ4v) is 4.12. The monoisotopic (exact) mass is 399 g/mol. The standard InChI is InChI=1S/C27H29NO2/c1-4-19-29-27-26(28(27)3)20(2)30-24-17-15-23(16-18-24)25(21-11-7-5-8-12-21)22-13-9-6-10-14-22/h4-20,25-27H,1-3H3/b19-4-. The third-order valence-corrected chi connectivity index (χ3v) is 5.71. The number of rotatable bonds is 8. The molecule has 0 N–H and O–H groups in total. The lowest BCUT2D eigenvalue weighted by atomic mass is 9.85. The van der Waals surface area contributed by atoms with Crippen LogP contribution < -0.4 is 4.74 Å². The van der Waals surface area contributed by atoms with Gasteiger partial charge < -0.3 is 9.47 Å². The van der Waals surface area contributed by atoms with Gasteiger partial charge in [0.05, 0.1) is 6.26 Å². The van der Waals surface area contributed by atoms with Gasteiger partial charge in [0.25, 0.3) is 0 Å². The Labute approximate surface area is 179 Å². The van der Waals surface area contributed by atoms with Crippen molar-refractivity contribution in [3.8, 4) is 5.75 Å². The van der Waals surface area contributed by atoms with Gasteiger partial charge in [0.1, 0.15) is 17.9 Å². The number of likely N-dealkylation sites (N-methyl/N-ethyl adjacent to an activating group) is 1. The highest BCUT2D eigenvalue weighted by molar-refractivity contribution is 5.44. The van der Waals surface area contributed by atoms with E-state index in [1.165, 1.54) is 16.7 Å².